The number of thioether (sulfide) groups is 1. The fourth-order valence-electron chi connectivity index (χ4n) is 14.0. The predicted molar refractivity (Wildman–Crippen MR) is 359 cm³/mol. The van der Waals surface area contributed by atoms with Crippen molar-refractivity contribution in [2.45, 2.75) is 181 Å². The summed E-state index contributed by atoms with van der Waals surface area (Å²) in [5, 5.41) is 15.2. The van der Waals surface area contributed by atoms with Crippen LogP contribution in [0.1, 0.15) is 176 Å². The Morgan fingerprint density at radius 1 is 0.679 bits per heavy atom. The highest BCUT2D eigenvalue weighted by Crippen LogP contribution is 2.50. The number of nitrogens with zero attached hydrogens (tertiary/aromatic N) is 4. The van der Waals surface area contributed by atoms with E-state index in [1.54, 1.807) is 0 Å². The lowest BCUT2D eigenvalue weighted by Crippen LogP contribution is -2.38. The SMILES string of the molecule is C=[N+](CCC)c1ccccc1C(C)(C)/C=C/C1=C(SCCC(NC2=C(/C=C/C3=[N+](CCC)c4ccccc4C3(C)C)CCC/C2=C\C=C2\N(CCC)c3ccccc3C2(C)C)C(=O)O)C(=C/C=C2/N(CCC)c3ccccc3C2(C)C)/CCC1. The minimum absolute atomic E-state index is 0.153. The number of hydrogen-bond donors (Lipinski definition) is 2. The van der Waals surface area contributed by atoms with E-state index in [0.717, 1.165) is 113 Å². The van der Waals surface area contributed by atoms with Crippen LogP contribution in [0.5, 0.6) is 0 Å². The molecule has 0 fully saturated rings. The molecule has 0 saturated carbocycles. The third-order valence-corrected chi connectivity index (χ3v) is 19.7. The van der Waals surface area contributed by atoms with E-state index in [0.29, 0.717) is 12.2 Å². The predicted octanol–water partition coefficient (Wildman–Crippen LogP) is 18.4. The molecule has 0 saturated heterocycles. The van der Waals surface area contributed by atoms with Gasteiger partial charge >= 0.3 is 5.97 Å². The number of carboxylic acids is 1. The molecule has 442 valence electrons. The van der Waals surface area contributed by atoms with Crippen LogP contribution in [0.2, 0.25) is 0 Å². The van der Waals surface area contributed by atoms with E-state index in [-0.39, 0.29) is 21.7 Å². The van der Waals surface area contributed by atoms with Gasteiger partial charge in [0.15, 0.2) is 5.71 Å². The number of nitrogens with one attached hydrogen (secondary N) is 1. The highest BCUT2D eigenvalue weighted by molar-refractivity contribution is 8.03. The van der Waals surface area contributed by atoms with Crippen molar-refractivity contribution in [3.63, 3.8) is 0 Å². The highest BCUT2D eigenvalue weighted by Gasteiger charge is 2.45. The van der Waals surface area contributed by atoms with Gasteiger partial charge < -0.3 is 20.2 Å². The monoisotopic (exact) mass is 1140 g/mol. The molecule has 0 aromatic heterocycles. The maximum absolute atomic E-state index is 13.9. The highest BCUT2D eigenvalue weighted by atomic mass is 32.2. The lowest BCUT2D eigenvalue weighted by molar-refractivity contribution is -0.437. The first-order valence-electron chi connectivity index (χ1n) is 31.7. The molecule has 0 amide bonds. The fraction of sp³-hybridized carbons (Fsp3) is 0.434. The van der Waals surface area contributed by atoms with Crippen LogP contribution in [-0.2, 0) is 26.5 Å². The van der Waals surface area contributed by atoms with Crippen LogP contribution >= 0.6 is 11.8 Å². The number of anilines is 2. The van der Waals surface area contributed by atoms with Gasteiger partial charge in [-0.25, -0.2) is 9.37 Å². The Hall–Kier alpha value is -6.64. The first-order valence-corrected chi connectivity index (χ1v) is 32.7. The van der Waals surface area contributed by atoms with Gasteiger partial charge in [-0.3, -0.25) is 0 Å². The van der Waals surface area contributed by atoms with E-state index in [4.69, 9.17) is 0 Å². The van der Waals surface area contributed by atoms with Crippen LogP contribution in [0.25, 0.3) is 0 Å². The molecule has 84 heavy (non-hydrogen) atoms. The maximum Gasteiger partial charge on any atom is 0.326 e. The number of fused-ring (bicyclic) bond motifs is 3. The number of allylic oxidation sites excluding steroid dienone is 14. The molecule has 1 unspecified atom stereocenters. The number of hydrogen-bond acceptors (Lipinski definition) is 5. The summed E-state index contributed by atoms with van der Waals surface area (Å²) in [6, 6.07) is 34.5. The number of aliphatic carboxylic acids is 1. The normalized spacial score (nSPS) is 20.6. The van der Waals surface area contributed by atoms with Crippen molar-refractivity contribution in [1.82, 2.24) is 5.32 Å². The number of para-hydroxylation sites is 4. The van der Waals surface area contributed by atoms with Gasteiger partial charge in [0.2, 0.25) is 11.4 Å². The average molecular weight is 1140 g/mol. The van der Waals surface area contributed by atoms with Crippen LogP contribution in [-0.4, -0.2) is 70.6 Å². The van der Waals surface area contributed by atoms with Crippen molar-refractivity contribution in [1.29, 1.82) is 0 Å². The molecule has 2 N–H and O–H groups in total. The second kappa shape index (κ2) is 26.3. The van der Waals surface area contributed by atoms with Crippen LogP contribution in [0, 0.1) is 0 Å². The Balaban J connectivity index is 1.10. The van der Waals surface area contributed by atoms with Gasteiger partial charge in [-0.2, -0.15) is 4.58 Å². The van der Waals surface area contributed by atoms with Crippen molar-refractivity contribution in [3.8, 4) is 0 Å². The third kappa shape index (κ3) is 12.5. The number of rotatable bonds is 23. The molecule has 9 rings (SSSR count). The molecular weight excluding hydrogens is 1050 g/mol. The van der Waals surface area contributed by atoms with E-state index in [2.05, 4.69) is 260 Å². The molecule has 7 nitrogen and oxygen atoms in total. The van der Waals surface area contributed by atoms with Gasteiger partial charge in [-0.1, -0.05) is 172 Å². The molecule has 0 bridgehead atoms. The van der Waals surface area contributed by atoms with Crippen molar-refractivity contribution >= 4 is 52.9 Å². The van der Waals surface area contributed by atoms with Gasteiger partial charge in [0.05, 0.1) is 5.41 Å². The van der Waals surface area contributed by atoms with E-state index in [1.165, 1.54) is 72.5 Å². The number of carbonyl (C=O) groups is 1. The molecule has 3 aliphatic heterocycles. The molecule has 8 heteroatoms. The standard InChI is InChI=1S/C76H95N5O2S/c1-14-49-78(13)63-36-22-18-32-58(63)73(5,6)48-46-57-31-27-30-56(42-45-69-76(11,12)61-35-21-25-39-66(61)81(69)52-17-4)71(57)84-53-47-62(72(82)83)77-70-54(40-43-67-74(7,8)59-33-19-23-37-64(59)79(67)50-15-2)28-26-29-55(70)41-44-68-75(9,10)60-34-20-24-38-65(60)80(68)51-16-3/h18-25,32-46,48,62H,13-17,26-31,47,49-53H2,1-12H3/p+2/b48-46+,54-40+,56-42+,67-43+,69-45+. The molecule has 3 heterocycles. The van der Waals surface area contributed by atoms with Crippen LogP contribution < -0.4 is 15.1 Å². The van der Waals surface area contributed by atoms with Gasteiger partial charge in [0, 0.05) is 111 Å². The van der Waals surface area contributed by atoms with Gasteiger partial charge in [0.1, 0.15) is 25.8 Å². The summed E-state index contributed by atoms with van der Waals surface area (Å²) in [7, 11) is 0. The summed E-state index contributed by atoms with van der Waals surface area (Å²) in [6.45, 7) is 35.9. The van der Waals surface area contributed by atoms with Crippen LogP contribution in [0.15, 0.2) is 190 Å². The smallest absolute Gasteiger partial charge is 0.326 e. The largest absolute Gasteiger partial charge is 0.480 e. The molecular formula is C76H97N5O2S+2. The van der Waals surface area contributed by atoms with Gasteiger partial charge in [-0.15, -0.1) is 11.8 Å². The second-order valence-corrected chi connectivity index (χ2v) is 27.2. The van der Waals surface area contributed by atoms with Crippen molar-refractivity contribution in [2.24, 2.45) is 0 Å². The lowest BCUT2D eigenvalue weighted by Gasteiger charge is -2.29. The molecule has 5 aliphatic rings. The summed E-state index contributed by atoms with van der Waals surface area (Å²) in [5.74, 6) is -0.188. The van der Waals surface area contributed by atoms with Crippen LogP contribution in [0.3, 0.4) is 0 Å². The van der Waals surface area contributed by atoms with Crippen molar-refractivity contribution in [3.05, 3.63) is 212 Å². The average Bonchev–Trinajstić information content (AvgIpc) is 1.83. The zero-order valence-electron chi connectivity index (χ0n) is 53.0. The molecule has 4 aromatic rings. The Kier molecular flexibility index (Phi) is 19.4. The van der Waals surface area contributed by atoms with Crippen molar-refractivity contribution in [2.75, 3.05) is 41.7 Å². The Morgan fingerprint density at radius 2 is 1.24 bits per heavy atom. The zero-order chi connectivity index (χ0) is 60.0. The number of benzene rings is 4. The van der Waals surface area contributed by atoms with Gasteiger partial charge in [-0.05, 0) is 129 Å². The van der Waals surface area contributed by atoms with E-state index < -0.39 is 12.0 Å². The first kappa shape index (κ1) is 61.9. The van der Waals surface area contributed by atoms with Crippen LogP contribution in [0.4, 0.5) is 22.7 Å². The van der Waals surface area contributed by atoms with Gasteiger partial charge in [0.25, 0.3) is 0 Å². The molecule has 0 radical (unpaired) electrons. The van der Waals surface area contributed by atoms with Crippen molar-refractivity contribution < 1.29 is 19.1 Å². The molecule has 1 atom stereocenters. The lowest BCUT2D eigenvalue weighted by atomic mass is 9.81. The topological polar surface area (TPSA) is 61.8 Å². The summed E-state index contributed by atoms with van der Waals surface area (Å²) in [6.07, 6.45) is 29.2. The third-order valence-electron chi connectivity index (χ3n) is 18.5. The Bertz CT molecular complexity index is 3420. The minimum atomic E-state index is -0.827. The zero-order valence-corrected chi connectivity index (χ0v) is 53.8. The Labute approximate surface area is 509 Å². The second-order valence-electron chi connectivity index (χ2n) is 26.1. The van der Waals surface area contributed by atoms with E-state index in [9.17, 15) is 9.90 Å². The summed E-state index contributed by atoms with van der Waals surface area (Å²) < 4.78 is 4.65. The van der Waals surface area contributed by atoms with E-state index >= 15 is 0 Å². The molecule has 0 spiro atoms. The first-order chi connectivity index (χ1) is 40.3. The summed E-state index contributed by atoms with van der Waals surface area (Å²) >= 11 is 1.84. The maximum atomic E-state index is 13.9. The van der Waals surface area contributed by atoms with E-state index in [1.807, 2.05) is 11.8 Å². The summed E-state index contributed by atoms with van der Waals surface area (Å²) in [4.78, 5) is 20.2. The molecule has 2 aliphatic carbocycles. The fourth-order valence-corrected chi connectivity index (χ4v) is 15.3. The minimum Gasteiger partial charge on any atom is -0.480 e. The Morgan fingerprint density at radius 3 is 1.85 bits per heavy atom. The molecule has 4 aromatic carbocycles. The quantitative estimate of drug-likeness (QED) is 0.0570. The summed E-state index contributed by atoms with van der Waals surface area (Å²) in [5.41, 5.74) is 19.3. The number of carboxylic acid groups (broad SMARTS) is 1.